The van der Waals surface area contributed by atoms with Gasteiger partial charge in [0.2, 0.25) is 15.9 Å². The van der Waals surface area contributed by atoms with E-state index >= 15 is 0 Å². The van der Waals surface area contributed by atoms with Crippen LogP contribution in [0, 0.1) is 0 Å². The van der Waals surface area contributed by atoms with Gasteiger partial charge in [-0.25, -0.2) is 8.42 Å². The van der Waals surface area contributed by atoms with Crippen LogP contribution in [0.3, 0.4) is 0 Å². The molecule has 0 radical (unpaired) electrons. The third-order valence-electron chi connectivity index (χ3n) is 3.39. The number of amides is 1. The average molecular weight is 441 g/mol. The molecule has 27 heavy (non-hydrogen) atoms. The van der Waals surface area contributed by atoms with Crippen LogP contribution in [0.2, 0.25) is 10.0 Å². The molecular weight excluding hydrogens is 428 g/mol. The minimum Gasteiger partial charge on any atom is -0.325 e. The zero-order valence-corrected chi connectivity index (χ0v) is 16.0. The molecule has 0 aliphatic carbocycles. The van der Waals surface area contributed by atoms with Crippen LogP contribution in [-0.4, -0.2) is 20.4 Å². The van der Waals surface area contributed by atoms with Crippen molar-refractivity contribution in [1.82, 2.24) is 4.72 Å². The standard InChI is InChI=1S/C16H13Cl2F3N2O3S/c1-9(23-27(25,26)12-5-2-10(17)3-6-12)15(24)22-11-4-7-14(18)13(8-11)16(19,20)21/h2-9,23H,1H3,(H,22,24)/t9-/m0/s1. The first-order chi connectivity index (χ1) is 12.4. The van der Waals surface area contributed by atoms with E-state index in [4.69, 9.17) is 23.2 Å². The first-order valence-electron chi connectivity index (χ1n) is 7.35. The van der Waals surface area contributed by atoms with E-state index in [0.29, 0.717) is 11.1 Å². The van der Waals surface area contributed by atoms with Gasteiger partial charge in [0.15, 0.2) is 0 Å². The normalized spacial score (nSPS) is 13.3. The van der Waals surface area contributed by atoms with Crippen molar-refractivity contribution in [3.63, 3.8) is 0 Å². The third kappa shape index (κ3) is 5.58. The van der Waals surface area contributed by atoms with Gasteiger partial charge in [0.25, 0.3) is 0 Å². The number of benzene rings is 2. The Kier molecular flexibility index (Phi) is 6.41. The summed E-state index contributed by atoms with van der Waals surface area (Å²) < 4.78 is 65.2. The van der Waals surface area contributed by atoms with Crippen molar-refractivity contribution in [1.29, 1.82) is 0 Å². The maximum Gasteiger partial charge on any atom is 0.417 e. The minimum atomic E-state index is -4.69. The van der Waals surface area contributed by atoms with Gasteiger partial charge in [-0.05, 0) is 49.4 Å². The lowest BCUT2D eigenvalue weighted by molar-refractivity contribution is -0.137. The van der Waals surface area contributed by atoms with E-state index in [2.05, 4.69) is 10.0 Å². The van der Waals surface area contributed by atoms with Crippen LogP contribution in [0.1, 0.15) is 12.5 Å². The first-order valence-corrected chi connectivity index (χ1v) is 9.59. The van der Waals surface area contributed by atoms with E-state index in [0.717, 1.165) is 6.07 Å². The molecule has 2 aromatic rings. The summed E-state index contributed by atoms with van der Waals surface area (Å²) in [7, 11) is -4.02. The molecule has 5 nitrogen and oxygen atoms in total. The number of halogens is 5. The average Bonchev–Trinajstić information content (AvgIpc) is 2.55. The minimum absolute atomic E-state index is 0.114. The predicted octanol–water partition coefficient (Wildman–Crippen LogP) is 4.32. The summed E-state index contributed by atoms with van der Waals surface area (Å²) in [4.78, 5) is 12.0. The molecule has 0 aromatic heterocycles. The van der Waals surface area contributed by atoms with Crippen molar-refractivity contribution >= 4 is 44.8 Å². The van der Waals surface area contributed by atoms with E-state index in [1.807, 2.05) is 0 Å². The molecule has 2 N–H and O–H groups in total. The number of rotatable bonds is 5. The predicted molar refractivity (Wildman–Crippen MR) is 96.3 cm³/mol. The topological polar surface area (TPSA) is 75.3 Å². The molecule has 11 heteroatoms. The van der Waals surface area contributed by atoms with Crippen LogP contribution in [0.4, 0.5) is 18.9 Å². The highest BCUT2D eigenvalue weighted by Gasteiger charge is 2.33. The molecular formula is C16H13Cl2F3N2O3S. The lowest BCUT2D eigenvalue weighted by Gasteiger charge is -2.16. The summed E-state index contributed by atoms with van der Waals surface area (Å²) in [6, 6.07) is 6.82. The number of hydrogen-bond donors (Lipinski definition) is 2. The summed E-state index contributed by atoms with van der Waals surface area (Å²) in [5, 5.41) is 2.04. The summed E-state index contributed by atoms with van der Waals surface area (Å²) >= 11 is 11.2. The van der Waals surface area contributed by atoms with E-state index in [1.165, 1.54) is 37.3 Å². The fourth-order valence-corrected chi connectivity index (χ4v) is 3.59. The number of nitrogens with one attached hydrogen (secondary N) is 2. The van der Waals surface area contributed by atoms with E-state index in [9.17, 15) is 26.4 Å². The van der Waals surface area contributed by atoms with Crippen molar-refractivity contribution < 1.29 is 26.4 Å². The lowest BCUT2D eigenvalue weighted by Crippen LogP contribution is -2.41. The van der Waals surface area contributed by atoms with Crippen molar-refractivity contribution in [2.75, 3.05) is 5.32 Å². The second-order valence-corrected chi connectivity index (χ2v) is 8.04. The molecule has 0 bridgehead atoms. The maximum atomic E-state index is 12.9. The molecule has 1 atom stereocenters. The fourth-order valence-electron chi connectivity index (χ4n) is 2.04. The van der Waals surface area contributed by atoms with Crippen molar-refractivity contribution in [3.8, 4) is 0 Å². The van der Waals surface area contributed by atoms with Gasteiger partial charge in [-0.1, -0.05) is 23.2 Å². The fraction of sp³-hybridized carbons (Fsp3) is 0.188. The molecule has 0 saturated heterocycles. The molecule has 0 aliphatic rings. The highest BCUT2D eigenvalue weighted by molar-refractivity contribution is 7.89. The zero-order chi connectivity index (χ0) is 20.4. The molecule has 146 valence electrons. The van der Waals surface area contributed by atoms with E-state index in [-0.39, 0.29) is 10.6 Å². The van der Waals surface area contributed by atoms with Crippen LogP contribution < -0.4 is 10.0 Å². The second-order valence-electron chi connectivity index (χ2n) is 5.48. The Morgan fingerprint density at radius 3 is 2.22 bits per heavy atom. The van der Waals surface area contributed by atoms with Crippen LogP contribution in [0.5, 0.6) is 0 Å². The van der Waals surface area contributed by atoms with Crippen LogP contribution in [0.15, 0.2) is 47.4 Å². The van der Waals surface area contributed by atoms with Gasteiger partial charge in [0, 0.05) is 10.7 Å². The first kappa shape index (κ1) is 21.5. The van der Waals surface area contributed by atoms with Crippen molar-refractivity contribution in [2.24, 2.45) is 0 Å². The van der Waals surface area contributed by atoms with Crippen LogP contribution in [-0.2, 0) is 21.0 Å². The van der Waals surface area contributed by atoms with Gasteiger partial charge in [-0.2, -0.15) is 17.9 Å². The van der Waals surface area contributed by atoms with Gasteiger partial charge in [0.05, 0.1) is 21.5 Å². The molecule has 0 heterocycles. The van der Waals surface area contributed by atoms with Crippen molar-refractivity contribution in [3.05, 3.63) is 58.1 Å². The highest BCUT2D eigenvalue weighted by atomic mass is 35.5. The number of hydrogen-bond acceptors (Lipinski definition) is 3. The number of sulfonamides is 1. The Labute approximate surface area is 163 Å². The molecule has 0 spiro atoms. The molecule has 1 amide bonds. The molecule has 2 rings (SSSR count). The number of carbonyl (C=O) groups is 1. The smallest absolute Gasteiger partial charge is 0.325 e. The van der Waals surface area contributed by atoms with Gasteiger partial charge in [0.1, 0.15) is 0 Å². The summed E-state index contributed by atoms with van der Waals surface area (Å²) in [5.74, 6) is -0.844. The number of alkyl halides is 3. The number of carbonyl (C=O) groups excluding carboxylic acids is 1. The van der Waals surface area contributed by atoms with Crippen LogP contribution in [0.25, 0.3) is 0 Å². The monoisotopic (exact) mass is 440 g/mol. The lowest BCUT2D eigenvalue weighted by atomic mass is 10.2. The molecule has 0 aliphatic heterocycles. The van der Waals surface area contributed by atoms with E-state index < -0.39 is 38.7 Å². The van der Waals surface area contributed by atoms with E-state index in [1.54, 1.807) is 0 Å². The molecule has 0 saturated carbocycles. The quantitative estimate of drug-likeness (QED) is 0.726. The SMILES string of the molecule is C[C@H](NS(=O)(=O)c1ccc(Cl)cc1)C(=O)Nc1ccc(Cl)c(C(F)(F)F)c1. The molecule has 0 fully saturated rings. The summed E-state index contributed by atoms with van der Waals surface area (Å²) in [6.45, 7) is 1.25. The molecule has 0 unspecified atom stereocenters. The van der Waals surface area contributed by atoms with Gasteiger partial charge >= 0.3 is 6.18 Å². The third-order valence-corrected chi connectivity index (χ3v) is 5.53. The van der Waals surface area contributed by atoms with Gasteiger partial charge in [-0.3, -0.25) is 4.79 Å². The van der Waals surface area contributed by atoms with Gasteiger partial charge < -0.3 is 5.32 Å². The maximum absolute atomic E-state index is 12.9. The summed E-state index contributed by atoms with van der Waals surface area (Å²) in [6.07, 6.45) is -4.69. The van der Waals surface area contributed by atoms with Gasteiger partial charge in [-0.15, -0.1) is 0 Å². The highest BCUT2D eigenvalue weighted by Crippen LogP contribution is 2.36. The number of anilines is 1. The molecule has 2 aromatic carbocycles. The Morgan fingerprint density at radius 1 is 1.07 bits per heavy atom. The Bertz CT molecular complexity index is 948. The Hall–Kier alpha value is -1.81. The Morgan fingerprint density at radius 2 is 1.67 bits per heavy atom. The zero-order valence-electron chi connectivity index (χ0n) is 13.6. The Balaban J connectivity index is 2.13. The summed E-state index contributed by atoms with van der Waals surface area (Å²) in [5.41, 5.74) is -1.29. The van der Waals surface area contributed by atoms with Crippen LogP contribution >= 0.6 is 23.2 Å². The second kappa shape index (κ2) is 8.05. The largest absolute Gasteiger partial charge is 0.417 e. The van der Waals surface area contributed by atoms with Crippen molar-refractivity contribution in [2.45, 2.75) is 24.0 Å².